The second-order valence-corrected chi connectivity index (χ2v) is 7.26. The van der Waals surface area contributed by atoms with Gasteiger partial charge in [0.25, 0.3) is 0 Å². The number of amides is 1. The van der Waals surface area contributed by atoms with Gasteiger partial charge in [-0.25, -0.2) is 0 Å². The van der Waals surface area contributed by atoms with Crippen LogP contribution in [0, 0.1) is 0 Å². The number of ether oxygens (including phenoxy) is 2. The summed E-state index contributed by atoms with van der Waals surface area (Å²) >= 11 is 0. The number of para-hydroxylation sites is 1. The lowest BCUT2D eigenvalue weighted by Gasteiger charge is -2.17. The Morgan fingerprint density at radius 1 is 1.11 bits per heavy atom. The number of carbonyl (C=O) groups is 1. The lowest BCUT2D eigenvalue weighted by atomic mass is 10.2. The van der Waals surface area contributed by atoms with Crippen molar-refractivity contribution in [2.45, 2.75) is 44.8 Å². The van der Waals surface area contributed by atoms with Crippen molar-refractivity contribution in [3.63, 3.8) is 0 Å². The average molecular weight is 378 g/mol. The first-order valence-corrected chi connectivity index (χ1v) is 9.91. The number of rotatable bonds is 7. The highest BCUT2D eigenvalue weighted by Crippen LogP contribution is 2.34. The van der Waals surface area contributed by atoms with Gasteiger partial charge in [0.05, 0.1) is 13.2 Å². The topological polar surface area (TPSA) is 52.5 Å². The van der Waals surface area contributed by atoms with E-state index >= 15 is 0 Å². The van der Waals surface area contributed by atoms with Crippen LogP contribution in [0.4, 0.5) is 5.69 Å². The minimum Gasteiger partial charge on any atom is -0.493 e. The number of hydrogen-bond acceptors (Lipinski definition) is 3. The van der Waals surface area contributed by atoms with Crippen molar-refractivity contribution in [3.05, 3.63) is 54.7 Å². The van der Waals surface area contributed by atoms with E-state index in [9.17, 15) is 4.79 Å². The van der Waals surface area contributed by atoms with E-state index in [0.717, 1.165) is 24.0 Å². The molecule has 0 atom stereocenters. The van der Waals surface area contributed by atoms with Crippen LogP contribution in [0.3, 0.4) is 0 Å². The molecule has 28 heavy (non-hydrogen) atoms. The molecule has 1 aromatic heterocycles. The van der Waals surface area contributed by atoms with Crippen LogP contribution in [-0.2, 0) is 11.3 Å². The Labute approximate surface area is 165 Å². The zero-order valence-corrected chi connectivity index (χ0v) is 16.2. The highest BCUT2D eigenvalue weighted by atomic mass is 16.5. The van der Waals surface area contributed by atoms with Gasteiger partial charge in [-0.2, -0.15) is 0 Å². The molecule has 1 aliphatic rings. The van der Waals surface area contributed by atoms with Gasteiger partial charge >= 0.3 is 0 Å². The summed E-state index contributed by atoms with van der Waals surface area (Å²) in [4.78, 5) is 12.5. The van der Waals surface area contributed by atoms with E-state index in [1.165, 1.54) is 18.2 Å². The van der Waals surface area contributed by atoms with E-state index in [-0.39, 0.29) is 12.0 Å². The van der Waals surface area contributed by atoms with Gasteiger partial charge in [-0.1, -0.05) is 18.2 Å². The molecule has 1 heterocycles. The van der Waals surface area contributed by atoms with E-state index in [4.69, 9.17) is 9.47 Å². The maximum atomic E-state index is 12.5. The third kappa shape index (κ3) is 4.14. The van der Waals surface area contributed by atoms with E-state index in [1.54, 1.807) is 7.11 Å². The van der Waals surface area contributed by atoms with Crippen LogP contribution in [0.25, 0.3) is 10.9 Å². The third-order valence-electron chi connectivity index (χ3n) is 5.30. The fraction of sp³-hybridized carbons (Fsp3) is 0.348. The normalized spacial score (nSPS) is 14.3. The van der Waals surface area contributed by atoms with E-state index in [1.807, 2.05) is 36.5 Å². The standard InChI is InChI=1S/C23H26N2O3/c1-27-21-11-10-18(16-22(21)28-19-7-3-4-8-19)24-23(26)13-15-25-14-12-17-6-2-5-9-20(17)25/h2,5-6,9-12,14,16,19H,3-4,7-8,13,15H2,1H3,(H,24,26). The lowest BCUT2D eigenvalue weighted by Crippen LogP contribution is -2.15. The Morgan fingerprint density at radius 3 is 2.75 bits per heavy atom. The summed E-state index contributed by atoms with van der Waals surface area (Å²) < 4.78 is 13.6. The van der Waals surface area contributed by atoms with Gasteiger partial charge in [-0.3, -0.25) is 4.79 Å². The van der Waals surface area contributed by atoms with Crippen LogP contribution in [0.5, 0.6) is 11.5 Å². The molecule has 1 saturated carbocycles. The highest BCUT2D eigenvalue weighted by molar-refractivity contribution is 5.91. The molecule has 1 aliphatic carbocycles. The second kappa shape index (κ2) is 8.38. The first kappa shape index (κ1) is 18.4. The number of nitrogens with zero attached hydrogens (tertiary/aromatic N) is 1. The van der Waals surface area contributed by atoms with Crippen molar-refractivity contribution >= 4 is 22.5 Å². The summed E-state index contributed by atoms with van der Waals surface area (Å²) in [6, 6.07) is 15.8. The number of nitrogens with one attached hydrogen (secondary N) is 1. The molecule has 3 aromatic rings. The molecule has 146 valence electrons. The fourth-order valence-corrected chi connectivity index (χ4v) is 3.81. The number of anilines is 1. The lowest BCUT2D eigenvalue weighted by molar-refractivity contribution is -0.116. The fourth-order valence-electron chi connectivity index (χ4n) is 3.81. The van der Waals surface area contributed by atoms with Crippen molar-refractivity contribution in [1.29, 1.82) is 0 Å². The largest absolute Gasteiger partial charge is 0.493 e. The Morgan fingerprint density at radius 2 is 1.93 bits per heavy atom. The van der Waals surface area contributed by atoms with Gasteiger partial charge < -0.3 is 19.4 Å². The monoisotopic (exact) mass is 378 g/mol. The van der Waals surface area contributed by atoms with Crippen molar-refractivity contribution < 1.29 is 14.3 Å². The molecule has 5 nitrogen and oxygen atoms in total. The number of methoxy groups -OCH3 is 1. The molecule has 0 unspecified atom stereocenters. The van der Waals surface area contributed by atoms with Crippen molar-refractivity contribution in [3.8, 4) is 11.5 Å². The quantitative estimate of drug-likeness (QED) is 0.629. The summed E-state index contributed by atoms with van der Waals surface area (Å²) in [5.74, 6) is 1.38. The molecule has 2 aromatic carbocycles. The minimum atomic E-state index is -0.0187. The summed E-state index contributed by atoms with van der Waals surface area (Å²) in [7, 11) is 1.64. The van der Waals surface area contributed by atoms with Crippen LogP contribution >= 0.6 is 0 Å². The molecule has 0 radical (unpaired) electrons. The van der Waals surface area contributed by atoms with Gasteiger partial charge in [0, 0.05) is 36.4 Å². The SMILES string of the molecule is COc1ccc(NC(=O)CCn2ccc3ccccc32)cc1OC1CCCC1. The van der Waals surface area contributed by atoms with Crippen LogP contribution in [-0.4, -0.2) is 23.7 Å². The van der Waals surface area contributed by atoms with Crippen LogP contribution in [0.1, 0.15) is 32.1 Å². The summed E-state index contributed by atoms with van der Waals surface area (Å²) in [5, 5.41) is 4.17. The smallest absolute Gasteiger partial charge is 0.226 e. The molecule has 0 aliphatic heterocycles. The van der Waals surface area contributed by atoms with Crippen LogP contribution in [0.2, 0.25) is 0 Å². The third-order valence-corrected chi connectivity index (χ3v) is 5.30. The molecule has 0 bridgehead atoms. The van der Waals surface area contributed by atoms with Crippen LogP contribution in [0.15, 0.2) is 54.7 Å². The van der Waals surface area contributed by atoms with Crippen molar-refractivity contribution in [2.75, 3.05) is 12.4 Å². The molecule has 1 fully saturated rings. The number of benzene rings is 2. The zero-order chi connectivity index (χ0) is 19.3. The van der Waals surface area contributed by atoms with Crippen molar-refractivity contribution in [2.24, 2.45) is 0 Å². The van der Waals surface area contributed by atoms with Crippen LogP contribution < -0.4 is 14.8 Å². The highest BCUT2D eigenvalue weighted by Gasteiger charge is 2.19. The van der Waals surface area contributed by atoms with Gasteiger partial charge in [0.15, 0.2) is 11.5 Å². The summed E-state index contributed by atoms with van der Waals surface area (Å²) in [6.45, 7) is 0.640. The summed E-state index contributed by atoms with van der Waals surface area (Å²) in [6.07, 6.45) is 7.23. The number of aryl methyl sites for hydroxylation is 1. The first-order chi connectivity index (χ1) is 13.7. The Kier molecular flexibility index (Phi) is 5.51. The predicted molar refractivity (Wildman–Crippen MR) is 111 cm³/mol. The number of aromatic nitrogens is 1. The predicted octanol–water partition coefficient (Wildman–Crippen LogP) is 5.00. The molecule has 4 rings (SSSR count). The maximum Gasteiger partial charge on any atom is 0.226 e. The maximum absolute atomic E-state index is 12.5. The molecule has 1 amide bonds. The zero-order valence-electron chi connectivity index (χ0n) is 16.2. The van der Waals surface area contributed by atoms with Gasteiger partial charge in [-0.15, -0.1) is 0 Å². The van der Waals surface area contributed by atoms with E-state index in [2.05, 4.69) is 28.1 Å². The van der Waals surface area contributed by atoms with Gasteiger partial charge in [0.1, 0.15) is 0 Å². The Bertz CT molecular complexity index is 957. The number of hydrogen-bond donors (Lipinski definition) is 1. The number of carbonyl (C=O) groups excluding carboxylic acids is 1. The molecule has 1 N–H and O–H groups in total. The molecule has 5 heteroatoms. The first-order valence-electron chi connectivity index (χ1n) is 9.91. The molecule has 0 saturated heterocycles. The van der Waals surface area contributed by atoms with E-state index in [0.29, 0.717) is 24.5 Å². The van der Waals surface area contributed by atoms with E-state index < -0.39 is 0 Å². The second-order valence-electron chi connectivity index (χ2n) is 7.26. The molecule has 0 spiro atoms. The minimum absolute atomic E-state index is 0.0187. The van der Waals surface area contributed by atoms with Crippen molar-refractivity contribution in [1.82, 2.24) is 4.57 Å². The molecular formula is C23H26N2O3. The summed E-state index contributed by atoms with van der Waals surface area (Å²) in [5.41, 5.74) is 1.88. The van der Waals surface area contributed by atoms with Gasteiger partial charge in [-0.05, 0) is 55.3 Å². The van der Waals surface area contributed by atoms with Gasteiger partial charge in [0.2, 0.25) is 5.91 Å². The Hall–Kier alpha value is -2.95. The Balaban J connectivity index is 1.39. The number of fused-ring (bicyclic) bond motifs is 1. The average Bonchev–Trinajstić information content (AvgIpc) is 3.36. The molecular weight excluding hydrogens is 352 g/mol.